The van der Waals surface area contributed by atoms with Gasteiger partial charge in [-0.3, -0.25) is 0 Å². The highest BCUT2D eigenvalue weighted by Gasteiger charge is 2.41. The summed E-state index contributed by atoms with van der Waals surface area (Å²) in [6.07, 6.45) is 4.49. The molecule has 1 unspecified atom stereocenters. The van der Waals surface area contributed by atoms with Crippen molar-refractivity contribution in [2.45, 2.75) is 46.2 Å². The Bertz CT molecular complexity index is 334. The van der Waals surface area contributed by atoms with Crippen molar-refractivity contribution in [1.29, 1.82) is 0 Å². The van der Waals surface area contributed by atoms with Crippen LogP contribution in [0.15, 0.2) is 22.8 Å². The van der Waals surface area contributed by atoms with E-state index < -0.39 is 5.66 Å². The van der Waals surface area contributed by atoms with E-state index in [4.69, 9.17) is 17.2 Å². The van der Waals surface area contributed by atoms with Gasteiger partial charge in [0.05, 0.1) is 5.66 Å². The second-order valence-electron chi connectivity index (χ2n) is 5.47. The van der Waals surface area contributed by atoms with Gasteiger partial charge in [0.2, 0.25) is 0 Å². The van der Waals surface area contributed by atoms with Crippen molar-refractivity contribution in [3.63, 3.8) is 0 Å². The minimum absolute atomic E-state index is 0.357. The Morgan fingerprint density at radius 1 is 1.35 bits per heavy atom. The van der Waals surface area contributed by atoms with Gasteiger partial charge >= 0.3 is 0 Å². The Hall–Kier alpha value is -0.640. The fourth-order valence-corrected chi connectivity index (χ4v) is 2.82. The van der Waals surface area contributed by atoms with Crippen LogP contribution in [-0.4, -0.2) is 12.2 Å². The van der Waals surface area contributed by atoms with Gasteiger partial charge in [-0.2, -0.15) is 0 Å². The molecule has 2 atom stereocenters. The summed E-state index contributed by atoms with van der Waals surface area (Å²) < 4.78 is 0. The first-order chi connectivity index (χ1) is 7.82. The monoisotopic (exact) mass is 237 g/mol. The van der Waals surface area contributed by atoms with Crippen molar-refractivity contribution in [1.82, 2.24) is 0 Å². The topological polar surface area (TPSA) is 78.1 Å². The Balaban J connectivity index is 2.81. The maximum atomic E-state index is 5.99. The molecule has 17 heavy (non-hydrogen) atoms. The molecule has 1 rings (SSSR count). The van der Waals surface area contributed by atoms with E-state index in [1.54, 1.807) is 0 Å². The summed E-state index contributed by atoms with van der Waals surface area (Å²) in [6.45, 7) is 8.99. The van der Waals surface area contributed by atoms with Crippen LogP contribution >= 0.6 is 0 Å². The van der Waals surface area contributed by atoms with Crippen LogP contribution in [0.2, 0.25) is 0 Å². The number of hydrogen-bond acceptors (Lipinski definition) is 3. The van der Waals surface area contributed by atoms with Gasteiger partial charge in [0, 0.05) is 5.92 Å². The zero-order chi connectivity index (χ0) is 13.2. The Morgan fingerprint density at radius 2 is 1.94 bits per heavy atom. The lowest BCUT2D eigenvalue weighted by Gasteiger charge is -2.46. The van der Waals surface area contributed by atoms with E-state index in [9.17, 15) is 0 Å². The molecule has 0 saturated heterocycles. The first-order valence-electron chi connectivity index (χ1n) is 6.47. The fraction of sp³-hybridized carbons (Fsp3) is 0.714. The fourth-order valence-electron chi connectivity index (χ4n) is 2.82. The lowest BCUT2D eigenvalue weighted by molar-refractivity contribution is 0.315. The Labute approximate surface area is 105 Å². The van der Waals surface area contributed by atoms with Gasteiger partial charge in [0.25, 0.3) is 0 Å². The summed E-state index contributed by atoms with van der Waals surface area (Å²) in [5.41, 5.74) is 21.0. The van der Waals surface area contributed by atoms with Crippen LogP contribution in [0.5, 0.6) is 0 Å². The summed E-state index contributed by atoms with van der Waals surface area (Å²) in [6, 6.07) is 0. The molecule has 1 aliphatic carbocycles. The lowest BCUT2D eigenvalue weighted by atomic mass is 9.63. The van der Waals surface area contributed by atoms with Crippen LogP contribution in [0.4, 0.5) is 0 Å². The third kappa shape index (κ3) is 2.97. The van der Waals surface area contributed by atoms with Crippen LogP contribution in [0.25, 0.3) is 0 Å². The zero-order valence-corrected chi connectivity index (χ0v) is 11.6. The normalized spacial score (nSPS) is 26.2. The molecule has 6 N–H and O–H groups in total. The van der Waals surface area contributed by atoms with E-state index in [1.807, 2.05) is 6.92 Å². The minimum atomic E-state index is -0.714. The quantitative estimate of drug-likeness (QED) is 0.504. The number of rotatable bonds is 5. The summed E-state index contributed by atoms with van der Waals surface area (Å²) in [4.78, 5) is 0. The van der Waals surface area contributed by atoms with E-state index in [2.05, 4.69) is 26.8 Å². The SMILES string of the molecule is CC/C(C)=C/C[C@H]1C(C)=C(C(C)(N)N)C1CN. The lowest BCUT2D eigenvalue weighted by Crippen LogP contribution is -2.56. The second-order valence-corrected chi connectivity index (χ2v) is 5.47. The highest BCUT2D eigenvalue weighted by Crippen LogP contribution is 2.45. The molecule has 3 nitrogen and oxygen atoms in total. The molecule has 0 aromatic heterocycles. The summed E-state index contributed by atoms with van der Waals surface area (Å²) in [7, 11) is 0. The van der Waals surface area contributed by atoms with Crippen LogP contribution in [0, 0.1) is 11.8 Å². The van der Waals surface area contributed by atoms with Gasteiger partial charge < -0.3 is 17.2 Å². The highest BCUT2D eigenvalue weighted by molar-refractivity contribution is 5.38. The van der Waals surface area contributed by atoms with Crippen molar-refractivity contribution >= 4 is 0 Å². The molecule has 0 aliphatic heterocycles. The molecule has 1 aliphatic rings. The predicted octanol–water partition coefficient (Wildman–Crippen LogP) is 1.89. The van der Waals surface area contributed by atoms with Crippen molar-refractivity contribution < 1.29 is 0 Å². The molecule has 0 aromatic rings. The molecule has 0 fully saturated rings. The Morgan fingerprint density at radius 3 is 2.35 bits per heavy atom. The van der Waals surface area contributed by atoms with E-state index >= 15 is 0 Å². The van der Waals surface area contributed by atoms with Crippen LogP contribution in [-0.2, 0) is 0 Å². The van der Waals surface area contributed by atoms with Crippen molar-refractivity contribution in [3.05, 3.63) is 22.8 Å². The van der Waals surface area contributed by atoms with Gasteiger partial charge in [-0.1, -0.05) is 24.1 Å². The van der Waals surface area contributed by atoms with E-state index in [-0.39, 0.29) is 0 Å². The van der Waals surface area contributed by atoms with Gasteiger partial charge in [0.1, 0.15) is 0 Å². The van der Waals surface area contributed by atoms with Gasteiger partial charge in [0.15, 0.2) is 0 Å². The van der Waals surface area contributed by atoms with Gasteiger partial charge in [-0.15, -0.1) is 0 Å². The molecule has 0 bridgehead atoms. The first kappa shape index (κ1) is 14.4. The molecule has 0 amide bonds. The summed E-state index contributed by atoms with van der Waals surface area (Å²) in [5, 5.41) is 0. The van der Waals surface area contributed by atoms with Crippen LogP contribution in [0.1, 0.15) is 40.5 Å². The van der Waals surface area contributed by atoms with Gasteiger partial charge in [-0.25, -0.2) is 0 Å². The van der Waals surface area contributed by atoms with E-state index in [1.165, 1.54) is 11.1 Å². The molecular weight excluding hydrogens is 210 g/mol. The zero-order valence-electron chi connectivity index (χ0n) is 11.6. The third-order valence-corrected chi connectivity index (χ3v) is 3.95. The molecule has 0 heterocycles. The summed E-state index contributed by atoms with van der Waals surface area (Å²) >= 11 is 0. The first-order valence-corrected chi connectivity index (χ1v) is 6.47. The molecular formula is C14H27N3. The maximum absolute atomic E-state index is 5.99. The third-order valence-electron chi connectivity index (χ3n) is 3.95. The smallest absolute Gasteiger partial charge is 0.0835 e. The predicted molar refractivity (Wildman–Crippen MR) is 74.2 cm³/mol. The van der Waals surface area contributed by atoms with Crippen molar-refractivity contribution in [2.75, 3.05) is 6.54 Å². The van der Waals surface area contributed by atoms with E-state index in [0.29, 0.717) is 18.4 Å². The molecule has 3 heteroatoms. The van der Waals surface area contributed by atoms with E-state index in [0.717, 1.165) is 18.4 Å². The summed E-state index contributed by atoms with van der Waals surface area (Å²) in [5.74, 6) is 0.888. The standard InChI is InChI=1S/C14H27N3/c1-5-9(2)6-7-11-10(3)13(12(11)8-15)14(4,16)17/h6,11-12H,5,7-8,15-17H2,1-4H3/b9-6+/t11-,12?/m0/s1. The molecule has 0 radical (unpaired) electrons. The maximum Gasteiger partial charge on any atom is 0.0835 e. The Kier molecular flexibility index (Phi) is 4.53. The van der Waals surface area contributed by atoms with Gasteiger partial charge in [-0.05, 0) is 51.6 Å². The van der Waals surface area contributed by atoms with Crippen LogP contribution < -0.4 is 17.2 Å². The highest BCUT2D eigenvalue weighted by atomic mass is 15.0. The molecule has 0 aromatic carbocycles. The number of allylic oxidation sites excluding steroid dienone is 3. The number of nitrogens with two attached hydrogens (primary N) is 3. The molecule has 98 valence electrons. The minimum Gasteiger partial charge on any atom is -0.330 e. The average molecular weight is 237 g/mol. The van der Waals surface area contributed by atoms with Crippen molar-refractivity contribution in [2.24, 2.45) is 29.0 Å². The van der Waals surface area contributed by atoms with Crippen molar-refractivity contribution in [3.8, 4) is 0 Å². The second kappa shape index (κ2) is 5.34. The van der Waals surface area contributed by atoms with Crippen LogP contribution in [0.3, 0.4) is 0 Å². The molecule has 0 spiro atoms. The molecule has 0 saturated carbocycles. The average Bonchev–Trinajstić information content (AvgIpc) is 2.23. The number of hydrogen-bond donors (Lipinski definition) is 3. The largest absolute Gasteiger partial charge is 0.330 e.